The monoisotopic (exact) mass is 257 g/mol. The summed E-state index contributed by atoms with van der Waals surface area (Å²) in [4.78, 5) is 15.5. The number of methoxy groups -OCH3 is 1. The molecule has 0 radical (unpaired) electrons. The number of aromatic nitrogens is 1. The first kappa shape index (κ1) is 12.0. The standard InChI is InChI=1S/C15H15NO3/c1-19-13-8-12(15(17)18)16-14-10-5-3-2-4-9(10)6-7-11(13)14/h6-8H,2-5H2,1H3,(H,17,18). The van der Waals surface area contributed by atoms with Crippen molar-refractivity contribution < 1.29 is 14.6 Å². The van der Waals surface area contributed by atoms with Gasteiger partial charge in [-0.25, -0.2) is 9.78 Å². The molecule has 0 fully saturated rings. The predicted molar refractivity (Wildman–Crippen MR) is 71.9 cm³/mol. The topological polar surface area (TPSA) is 59.4 Å². The van der Waals surface area contributed by atoms with Gasteiger partial charge in [-0.3, -0.25) is 0 Å². The normalized spacial score (nSPS) is 14.2. The molecule has 19 heavy (non-hydrogen) atoms. The highest BCUT2D eigenvalue weighted by Gasteiger charge is 2.18. The first-order valence-corrected chi connectivity index (χ1v) is 6.43. The van der Waals surface area contributed by atoms with Crippen molar-refractivity contribution in [2.75, 3.05) is 7.11 Å². The van der Waals surface area contributed by atoms with E-state index in [2.05, 4.69) is 11.1 Å². The van der Waals surface area contributed by atoms with Crippen LogP contribution in [0.3, 0.4) is 0 Å². The third-order valence-corrected chi connectivity index (χ3v) is 3.71. The van der Waals surface area contributed by atoms with Crippen molar-refractivity contribution in [1.82, 2.24) is 4.98 Å². The van der Waals surface area contributed by atoms with Gasteiger partial charge in [0, 0.05) is 11.5 Å². The summed E-state index contributed by atoms with van der Waals surface area (Å²) in [5.74, 6) is -0.440. The van der Waals surface area contributed by atoms with E-state index in [0.717, 1.165) is 30.2 Å². The maximum absolute atomic E-state index is 11.2. The Hall–Kier alpha value is -2.10. The second-order valence-corrected chi connectivity index (χ2v) is 4.82. The van der Waals surface area contributed by atoms with Gasteiger partial charge < -0.3 is 9.84 Å². The fourth-order valence-electron chi connectivity index (χ4n) is 2.77. The van der Waals surface area contributed by atoms with Crippen LogP contribution in [0.1, 0.15) is 34.5 Å². The van der Waals surface area contributed by atoms with Crippen LogP contribution in [0.15, 0.2) is 18.2 Å². The van der Waals surface area contributed by atoms with Crippen LogP contribution in [-0.2, 0) is 12.8 Å². The number of ether oxygens (including phenoxy) is 1. The lowest BCUT2D eigenvalue weighted by Gasteiger charge is -2.18. The average molecular weight is 257 g/mol. The maximum atomic E-state index is 11.2. The van der Waals surface area contributed by atoms with Crippen LogP contribution in [0.2, 0.25) is 0 Å². The molecule has 1 aromatic heterocycles. The lowest BCUT2D eigenvalue weighted by molar-refractivity contribution is 0.0690. The number of benzene rings is 1. The minimum Gasteiger partial charge on any atom is -0.496 e. The fraction of sp³-hybridized carbons (Fsp3) is 0.333. The molecular weight excluding hydrogens is 242 g/mol. The number of pyridine rings is 1. The van der Waals surface area contributed by atoms with Crippen LogP contribution in [0, 0.1) is 0 Å². The van der Waals surface area contributed by atoms with Gasteiger partial charge in [0.05, 0.1) is 12.6 Å². The summed E-state index contributed by atoms with van der Waals surface area (Å²) in [6.45, 7) is 0. The molecule has 98 valence electrons. The quantitative estimate of drug-likeness (QED) is 0.898. The molecule has 1 N–H and O–H groups in total. The third kappa shape index (κ3) is 1.93. The van der Waals surface area contributed by atoms with Crippen LogP contribution in [0.25, 0.3) is 10.9 Å². The number of nitrogens with zero attached hydrogens (tertiary/aromatic N) is 1. The van der Waals surface area contributed by atoms with Crippen LogP contribution < -0.4 is 4.74 Å². The Morgan fingerprint density at radius 2 is 2.11 bits per heavy atom. The zero-order valence-electron chi connectivity index (χ0n) is 10.8. The van der Waals surface area contributed by atoms with Gasteiger partial charge >= 0.3 is 5.97 Å². The minimum atomic E-state index is -1.02. The van der Waals surface area contributed by atoms with Crippen molar-refractivity contribution >= 4 is 16.9 Å². The number of carboxylic acid groups (broad SMARTS) is 1. The second kappa shape index (κ2) is 4.53. The summed E-state index contributed by atoms with van der Waals surface area (Å²) in [7, 11) is 1.56. The van der Waals surface area contributed by atoms with Crippen molar-refractivity contribution in [2.24, 2.45) is 0 Å². The summed E-state index contributed by atoms with van der Waals surface area (Å²) in [5.41, 5.74) is 3.30. The third-order valence-electron chi connectivity index (χ3n) is 3.71. The zero-order chi connectivity index (χ0) is 13.4. The molecule has 0 bridgehead atoms. The molecule has 2 aromatic rings. The Balaban J connectivity index is 2.34. The molecule has 4 nitrogen and oxygen atoms in total. The van der Waals surface area contributed by atoms with Gasteiger partial charge in [0.1, 0.15) is 5.75 Å². The Morgan fingerprint density at radius 1 is 1.32 bits per heavy atom. The Kier molecular flexibility index (Phi) is 2.85. The summed E-state index contributed by atoms with van der Waals surface area (Å²) >= 11 is 0. The van der Waals surface area contributed by atoms with Crippen molar-refractivity contribution in [3.63, 3.8) is 0 Å². The zero-order valence-corrected chi connectivity index (χ0v) is 10.8. The number of aryl methyl sites for hydroxylation is 2. The highest BCUT2D eigenvalue weighted by molar-refractivity contribution is 5.95. The number of carboxylic acids is 1. The van der Waals surface area contributed by atoms with E-state index >= 15 is 0 Å². The molecule has 0 spiro atoms. The van der Waals surface area contributed by atoms with Gasteiger partial charge in [-0.2, -0.15) is 0 Å². The fourth-order valence-corrected chi connectivity index (χ4v) is 2.77. The summed E-state index contributed by atoms with van der Waals surface area (Å²) in [6.07, 6.45) is 4.33. The largest absolute Gasteiger partial charge is 0.496 e. The smallest absolute Gasteiger partial charge is 0.354 e. The van der Waals surface area contributed by atoms with Crippen molar-refractivity contribution in [3.8, 4) is 5.75 Å². The van der Waals surface area contributed by atoms with E-state index in [1.54, 1.807) is 7.11 Å². The molecular formula is C15H15NO3. The molecule has 1 aromatic carbocycles. The Labute approximate surface area is 111 Å². The molecule has 4 heteroatoms. The van der Waals surface area contributed by atoms with Crippen LogP contribution in [-0.4, -0.2) is 23.2 Å². The number of rotatable bonds is 2. The molecule has 0 atom stereocenters. The predicted octanol–water partition coefficient (Wildman–Crippen LogP) is 2.82. The van der Waals surface area contributed by atoms with Crippen LogP contribution in [0.4, 0.5) is 0 Å². The number of aromatic carboxylic acids is 1. The maximum Gasteiger partial charge on any atom is 0.354 e. The molecule has 0 amide bonds. The van der Waals surface area contributed by atoms with E-state index in [-0.39, 0.29) is 5.69 Å². The van der Waals surface area contributed by atoms with Crippen molar-refractivity contribution in [3.05, 3.63) is 35.0 Å². The van der Waals surface area contributed by atoms with E-state index in [1.807, 2.05) is 6.07 Å². The molecule has 0 saturated carbocycles. The van der Waals surface area contributed by atoms with Gasteiger partial charge in [0.2, 0.25) is 0 Å². The van der Waals surface area contributed by atoms with Gasteiger partial charge in [-0.1, -0.05) is 6.07 Å². The van der Waals surface area contributed by atoms with Gasteiger partial charge in [0.15, 0.2) is 5.69 Å². The molecule has 3 rings (SSSR count). The number of hydrogen-bond acceptors (Lipinski definition) is 3. The summed E-state index contributed by atoms with van der Waals surface area (Å²) in [6, 6.07) is 5.58. The van der Waals surface area contributed by atoms with E-state index in [9.17, 15) is 4.79 Å². The lowest BCUT2D eigenvalue weighted by atomic mass is 9.89. The number of fused-ring (bicyclic) bond motifs is 3. The SMILES string of the molecule is COc1cc(C(=O)O)nc2c3c(ccc12)CCCC3. The molecule has 1 aliphatic carbocycles. The summed E-state index contributed by atoms with van der Waals surface area (Å²) in [5, 5.41) is 10.0. The minimum absolute atomic E-state index is 0.0447. The Morgan fingerprint density at radius 3 is 2.84 bits per heavy atom. The number of carbonyl (C=O) groups is 1. The highest BCUT2D eigenvalue weighted by Crippen LogP contribution is 2.33. The van der Waals surface area contributed by atoms with E-state index in [4.69, 9.17) is 9.84 Å². The van der Waals surface area contributed by atoms with E-state index in [0.29, 0.717) is 5.75 Å². The van der Waals surface area contributed by atoms with Crippen LogP contribution >= 0.6 is 0 Å². The van der Waals surface area contributed by atoms with Crippen molar-refractivity contribution in [1.29, 1.82) is 0 Å². The summed E-state index contributed by atoms with van der Waals surface area (Å²) < 4.78 is 5.31. The molecule has 0 aliphatic heterocycles. The van der Waals surface area contributed by atoms with Crippen molar-refractivity contribution in [2.45, 2.75) is 25.7 Å². The molecule has 1 aliphatic rings. The van der Waals surface area contributed by atoms with Gasteiger partial charge in [-0.05, 0) is 42.9 Å². The molecule has 0 saturated heterocycles. The van der Waals surface area contributed by atoms with E-state index in [1.165, 1.54) is 23.6 Å². The molecule has 1 heterocycles. The first-order valence-electron chi connectivity index (χ1n) is 6.43. The second-order valence-electron chi connectivity index (χ2n) is 4.82. The van der Waals surface area contributed by atoms with Crippen LogP contribution in [0.5, 0.6) is 5.75 Å². The molecule has 0 unspecified atom stereocenters. The number of hydrogen-bond donors (Lipinski definition) is 1. The van der Waals surface area contributed by atoms with Gasteiger partial charge in [-0.15, -0.1) is 0 Å². The Bertz CT molecular complexity index is 664. The first-order chi connectivity index (χ1) is 9.20. The lowest BCUT2D eigenvalue weighted by Crippen LogP contribution is -2.07. The van der Waals surface area contributed by atoms with Gasteiger partial charge in [0.25, 0.3) is 0 Å². The average Bonchev–Trinajstić information content (AvgIpc) is 2.45. The highest BCUT2D eigenvalue weighted by atomic mass is 16.5. The van der Waals surface area contributed by atoms with E-state index < -0.39 is 5.97 Å².